The molecular weight excluding hydrogens is 256 g/mol. The lowest BCUT2D eigenvalue weighted by atomic mass is 10.1. The van der Waals surface area contributed by atoms with Gasteiger partial charge in [0.25, 0.3) is 0 Å². The summed E-state index contributed by atoms with van der Waals surface area (Å²) in [5.74, 6) is 5.72. The second kappa shape index (κ2) is 5.75. The molecule has 4 nitrogen and oxygen atoms in total. The van der Waals surface area contributed by atoms with Crippen molar-refractivity contribution in [1.82, 2.24) is 5.43 Å². The van der Waals surface area contributed by atoms with E-state index in [0.717, 1.165) is 11.3 Å². The Bertz CT molecular complexity index is 453. The van der Waals surface area contributed by atoms with Crippen LogP contribution in [-0.4, -0.2) is 14.2 Å². The van der Waals surface area contributed by atoms with E-state index in [2.05, 4.69) is 39.3 Å². The lowest BCUT2D eigenvalue weighted by Crippen LogP contribution is -2.43. The Morgan fingerprint density at radius 1 is 1.37 bits per heavy atom. The minimum absolute atomic E-state index is 0.150. The standard InChI is InChI=1S/C14H24N2O2Si/c1-14(2,3)19(4,5)18-12-8-6-7-11(9-12)10-13(17)16-15/h6-9H,10,15H2,1-5H3,(H,16,17). The van der Waals surface area contributed by atoms with Crippen LogP contribution in [0.25, 0.3) is 0 Å². The van der Waals surface area contributed by atoms with Gasteiger partial charge >= 0.3 is 0 Å². The van der Waals surface area contributed by atoms with E-state index in [1.807, 2.05) is 24.3 Å². The molecule has 0 aromatic heterocycles. The molecule has 0 saturated heterocycles. The van der Waals surface area contributed by atoms with Gasteiger partial charge in [-0.3, -0.25) is 10.2 Å². The van der Waals surface area contributed by atoms with E-state index in [-0.39, 0.29) is 17.4 Å². The molecule has 0 fully saturated rings. The number of amides is 1. The highest BCUT2D eigenvalue weighted by molar-refractivity contribution is 6.74. The number of benzene rings is 1. The second-order valence-corrected chi connectivity index (χ2v) is 11.0. The van der Waals surface area contributed by atoms with E-state index in [9.17, 15) is 4.79 Å². The third-order valence-corrected chi connectivity index (χ3v) is 7.96. The van der Waals surface area contributed by atoms with Gasteiger partial charge in [-0.2, -0.15) is 0 Å². The highest BCUT2D eigenvalue weighted by Crippen LogP contribution is 2.37. The average Bonchev–Trinajstić information content (AvgIpc) is 2.27. The number of nitrogens with two attached hydrogens (primary N) is 1. The van der Waals surface area contributed by atoms with Gasteiger partial charge in [-0.15, -0.1) is 0 Å². The van der Waals surface area contributed by atoms with Gasteiger partial charge in [0, 0.05) is 0 Å². The van der Waals surface area contributed by atoms with E-state index in [0.29, 0.717) is 0 Å². The molecule has 1 amide bonds. The van der Waals surface area contributed by atoms with Gasteiger partial charge in [-0.25, -0.2) is 5.84 Å². The third-order valence-electron chi connectivity index (χ3n) is 3.60. The molecule has 0 aliphatic rings. The van der Waals surface area contributed by atoms with Gasteiger partial charge in [0.15, 0.2) is 0 Å². The first-order valence-electron chi connectivity index (χ1n) is 6.43. The SMILES string of the molecule is CC(C)(C)[Si](C)(C)Oc1cccc(CC(=O)NN)c1. The number of hydrogen-bond acceptors (Lipinski definition) is 3. The number of hydrogen-bond donors (Lipinski definition) is 2. The number of rotatable bonds is 4. The van der Waals surface area contributed by atoms with Crippen molar-refractivity contribution in [3.63, 3.8) is 0 Å². The first-order valence-corrected chi connectivity index (χ1v) is 9.34. The van der Waals surface area contributed by atoms with Gasteiger partial charge in [0.1, 0.15) is 5.75 Å². The van der Waals surface area contributed by atoms with Crippen LogP contribution in [0.5, 0.6) is 5.75 Å². The van der Waals surface area contributed by atoms with Crippen molar-refractivity contribution in [1.29, 1.82) is 0 Å². The molecule has 0 spiro atoms. The fourth-order valence-corrected chi connectivity index (χ4v) is 2.43. The molecule has 0 heterocycles. The number of carbonyl (C=O) groups is 1. The Kier molecular flexibility index (Phi) is 4.76. The highest BCUT2D eigenvalue weighted by Gasteiger charge is 2.38. The van der Waals surface area contributed by atoms with Crippen LogP contribution in [0.4, 0.5) is 0 Å². The Hall–Kier alpha value is -1.33. The Balaban J connectivity index is 2.86. The first kappa shape index (κ1) is 15.7. The quantitative estimate of drug-likeness (QED) is 0.386. The van der Waals surface area contributed by atoms with Crippen molar-refractivity contribution in [3.05, 3.63) is 29.8 Å². The molecular formula is C14H24N2O2Si. The molecule has 0 unspecified atom stereocenters. The summed E-state index contributed by atoms with van der Waals surface area (Å²) in [6, 6.07) is 7.65. The van der Waals surface area contributed by atoms with Crippen LogP contribution in [0.2, 0.25) is 18.1 Å². The Morgan fingerprint density at radius 2 is 2.00 bits per heavy atom. The monoisotopic (exact) mass is 280 g/mol. The molecule has 1 rings (SSSR count). The summed E-state index contributed by atoms with van der Waals surface area (Å²) in [6.45, 7) is 11.0. The van der Waals surface area contributed by atoms with Crippen LogP contribution in [0, 0.1) is 0 Å². The van der Waals surface area contributed by atoms with Crippen molar-refractivity contribution in [2.24, 2.45) is 5.84 Å². The lowest BCUT2D eigenvalue weighted by molar-refractivity contribution is -0.120. The van der Waals surface area contributed by atoms with Crippen LogP contribution in [0.1, 0.15) is 26.3 Å². The predicted molar refractivity (Wildman–Crippen MR) is 80.3 cm³/mol. The Morgan fingerprint density at radius 3 is 2.53 bits per heavy atom. The summed E-state index contributed by atoms with van der Waals surface area (Å²) < 4.78 is 6.20. The zero-order chi connectivity index (χ0) is 14.7. The predicted octanol–water partition coefficient (Wildman–Crippen LogP) is 2.60. The van der Waals surface area contributed by atoms with E-state index >= 15 is 0 Å². The van der Waals surface area contributed by atoms with Crippen molar-refractivity contribution in [2.75, 3.05) is 0 Å². The second-order valence-electron chi connectivity index (χ2n) is 6.25. The van der Waals surface area contributed by atoms with Crippen LogP contribution in [0.15, 0.2) is 24.3 Å². The average molecular weight is 280 g/mol. The van der Waals surface area contributed by atoms with Gasteiger partial charge < -0.3 is 4.43 Å². The molecule has 0 bridgehead atoms. The van der Waals surface area contributed by atoms with Gasteiger partial charge in [-0.1, -0.05) is 32.9 Å². The largest absolute Gasteiger partial charge is 0.543 e. The van der Waals surface area contributed by atoms with Crippen molar-refractivity contribution < 1.29 is 9.22 Å². The normalized spacial score (nSPS) is 12.1. The zero-order valence-corrected chi connectivity index (χ0v) is 13.4. The van der Waals surface area contributed by atoms with Crippen LogP contribution in [0.3, 0.4) is 0 Å². The minimum atomic E-state index is -1.84. The molecule has 106 valence electrons. The molecule has 0 aliphatic carbocycles. The zero-order valence-electron chi connectivity index (χ0n) is 12.4. The molecule has 0 aliphatic heterocycles. The molecule has 0 radical (unpaired) electrons. The molecule has 0 saturated carbocycles. The smallest absolute Gasteiger partial charge is 0.250 e. The Labute approximate surface area is 116 Å². The molecule has 1 aromatic carbocycles. The van der Waals surface area contributed by atoms with Crippen LogP contribution in [-0.2, 0) is 11.2 Å². The number of carbonyl (C=O) groups excluding carboxylic acids is 1. The van der Waals surface area contributed by atoms with E-state index in [1.54, 1.807) is 0 Å². The van der Waals surface area contributed by atoms with E-state index in [1.165, 1.54) is 0 Å². The lowest BCUT2D eigenvalue weighted by Gasteiger charge is -2.36. The maximum atomic E-state index is 11.3. The van der Waals surface area contributed by atoms with Crippen LogP contribution < -0.4 is 15.7 Å². The van der Waals surface area contributed by atoms with Crippen molar-refractivity contribution in [3.8, 4) is 5.75 Å². The maximum Gasteiger partial charge on any atom is 0.250 e. The fourth-order valence-electron chi connectivity index (χ4n) is 1.40. The first-order chi connectivity index (χ1) is 8.65. The summed E-state index contributed by atoms with van der Waals surface area (Å²) in [5, 5.41) is 0.150. The fraction of sp³-hybridized carbons (Fsp3) is 0.500. The summed E-state index contributed by atoms with van der Waals surface area (Å²) in [4.78, 5) is 11.3. The summed E-state index contributed by atoms with van der Waals surface area (Å²) >= 11 is 0. The maximum absolute atomic E-state index is 11.3. The van der Waals surface area contributed by atoms with E-state index in [4.69, 9.17) is 10.3 Å². The van der Waals surface area contributed by atoms with Gasteiger partial charge in [-0.05, 0) is 35.8 Å². The molecule has 3 N–H and O–H groups in total. The van der Waals surface area contributed by atoms with Crippen molar-refractivity contribution >= 4 is 14.2 Å². The van der Waals surface area contributed by atoms with Gasteiger partial charge in [0.2, 0.25) is 14.2 Å². The minimum Gasteiger partial charge on any atom is -0.543 e. The van der Waals surface area contributed by atoms with Gasteiger partial charge in [0.05, 0.1) is 6.42 Å². The molecule has 5 heteroatoms. The van der Waals surface area contributed by atoms with Crippen LogP contribution >= 0.6 is 0 Å². The molecule has 0 atom stereocenters. The molecule has 19 heavy (non-hydrogen) atoms. The highest BCUT2D eigenvalue weighted by atomic mass is 28.4. The number of nitrogens with one attached hydrogen (secondary N) is 1. The summed E-state index contributed by atoms with van der Waals surface area (Å²) in [7, 11) is -1.84. The third kappa shape index (κ3) is 4.36. The van der Waals surface area contributed by atoms with E-state index < -0.39 is 8.32 Å². The topological polar surface area (TPSA) is 64.3 Å². The number of hydrazine groups is 1. The summed E-state index contributed by atoms with van der Waals surface area (Å²) in [6.07, 6.45) is 0.269. The summed E-state index contributed by atoms with van der Waals surface area (Å²) in [5.41, 5.74) is 3.04. The molecule has 1 aromatic rings. The van der Waals surface area contributed by atoms with Crippen molar-refractivity contribution in [2.45, 2.75) is 45.3 Å².